The zero-order chi connectivity index (χ0) is 8.48. The van der Waals surface area contributed by atoms with Crippen LogP contribution in [0.4, 0.5) is 0 Å². The molecule has 3 heteroatoms. The minimum Gasteiger partial charge on any atom is -0.254 e. The van der Waals surface area contributed by atoms with Gasteiger partial charge in [-0.25, -0.2) is 0 Å². The molecule has 1 rings (SSSR count). The minimum atomic E-state index is 0.232. The van der Waals surface area contributed by atoms with Crippen molar-refractivity contribution in [3.05, 3.63) is 17.4 Å². The fraction of sp³-hybridized carbons (Fsp3) is 0.625. The van der Waals surface area contributed by atoms with E-state index < -0.39 is 0 Å². The molecule has 1 aromatic rings. The van der Waals surface area contributed by atoms with Crippen molar-refractivity contribution < 1.29 is 0 Å². The molecule has 0 aliphatic carbocycles. The first-order chi connectivity index (χ1) is 4.99. The van der Waals surface area contributed by atoms with Crippen molar-refractivity contribution in [2.45, 2.75) is 27.3 Å². The first-order valence-corrected chi connectivity index (χ1v) is 4.04. The van der Waals surface area contributed by atoms with Crippen molar-refractivity contribution in [3.63, 3.8) is 0 Å². The molecular weight excluding hydrogens is 160 g/mol. The summed E-state index contributed by atoms with van der Waals surface area (Å²) in [5.41, 5.74) is 0.232. The molecule has 0 amide bonds. The standard InChI is InChI=1S/C8H13ClN2/c1-8(2,3)6-11-7(9)4-5-10-11/h4-5H,6H2,1-3H3. The highest BCUT2D eigenvalue weighted by molar-refractivity contribution is 6.29. The molecule has 0 saturated carbocycles. The normalized spacial score (nSPS) is 12.0. The molecule has 11 heavy (non-hydrogen) atoms. The average molecular weight is 173 g/mol. The van der Waals surface area contributed by atoms with Gasteiger partial charge in [0.25, 0.3) is 0 Å². The van der Waals surface area contributed by atoms with Gasteiger partial charge >= 0.3 is 0 Å². The van der Waals surface area contributed by atoms with Crippen LogP contribution in [0.5, 0.6) is 0 Å². The van der Waals surface area contributed by atoms with Crippen LogP contribution >= 0.6 is 11.6 Å². The Morgan fingerprint density at radius 3 is 2.55 bits per heavy atom. The SMILES string of the molecule is CC(C)(C)Cn1nccc1Cl. The maximum Gasteiger partial charge on any atom is 0.127 e. The summed E-state index contributed by atoms with van der Waals surface area (Å²) in [4.78, 5) is 0. The van der Waals surface area contributed by atoms with Crippen molar-refractivity contribution >= 4 is 11.6 Å². The number of nitrogens with zero attached hydrogens (tertiary/aromatic N) is 2. The lowest BCUT2D eigenvalue weighted by molar-refractivity contribution is 0.325. The third-order valence-electron chi connectivity index (χ3n) is 1.29. The van der Waals surface area contributed by atoms with E-state index in [0.29, 0.717) is 5.15 Å². The van der Waals surface area contributed by atoms with Gasteiger partial charge in [-0.1, -0.05) is 32.4 Å². The third kappa shape index (κ3) is 2.54. The fourth-order valence-electron chi connectivity index (χ4n) is 0.882. The summed E-state index contributed by atoms with van der Waals surface area (Å²) in [6.45, 7) is 7.33. The van der Waals surface area contributed by atoms with Gasteiger partial charge in [-0.15, -0.1) is 0 Å². The van der Waals surface area contributed by atoms with Gasteiger partial charge in [0.1, 0.15) is 5.15 Å². The van der Waals surface area contributed by atoms with E-state index in [1.54, 1.807) is 12.3 Å². The molecule has 0 saturated heterocycles. The number of rotatable bonds is 1. The van der Waals surface area contributed by atoms with Crippen LogP contribution in [0.3, 0.4) is 0 Å². The number of aromatic nitrogens is 2. The van der Waals surface area contributed by atoms with Gasteiger partial charge in [0.2, 0.25) is 0 Å². The van der Waals surface area contributed by atoms with Crippen LogP contribution in [0, 0.1) is 5.41 Å². The Kier molecular flexibility index (Phi) is 2.23. The van der Waals surface area contributed by atoms with Crippen molar-refractivity contribution in [3.8, 4) is 0 Å². The van der Waals surface area contributed by atoms with Crippen LogP contribution < -0.4 is 0 Å². The second kappa shape index (κ2) is 2.86. The van der Waals surface area contributed by atoms with E-state index in [4.69, 9.17) is 11.6 Å². The summed E-state index contributed by atoms with van der Waals surface area (Å²) >= 11 is 5.85. The second-order valence-corrected chi connectivity index (χ2v) is 4.26. The second-order valence-electron chi connectivity index (χ2n) is 3.87. The van der Waals surface area contributed by atoms with Crippen LogP contribution in [0.15, 0.2) is 12.3 Å². The lowest BCUT2D eigenvalue weighted by atomic mass is 9.97. The highest BCUT2D eigenvalue weighted by Crippen LogP contribution is 2.18. The molecule has 0 bridgehead atoms. The minimum absolute atomic E-state index is 0.232. The quantitative estimate of drug-likeness (QED) is 0.637. The van der Waals surface area contributed by atoms with Crippen LogP contribution in [-0.4, -0.2) is 9.78 Å². The fourth-order valence-corrected chi connectivity index (χ4v) is 1.04. The van der Waals surface area contributed by atoms with Gasteiger partial charge in [0.15, 0.2) is 0 Å². The van der Waals surface area contributed by atoms with Crippen LogP contribution in [-0.2, 0) is 6.54 Å². The number of halogens is 1. The Labute approximate surface area is 72.2 Å². The van der Waals surface area contributed by atoms with Crippen molar-refractivity contribution in [2.24, 2.45) is 5.41 Å². The third-order valence-corrected chi connectivity index (χ3v) is 1.61. The van der Waals surface area contributed by atoms with E-state index in [1.165, 1.54) is 0 Å². The Bertz CT molecular complexity index is 234. The Morgan fingerprint density at radius 2 is 2.18 bits per heavy atom. The first-order valence-electron chi connectivity index (χ1n) is 3.66. The van der Waals surface area contributed by atoms with Gasteiger partial charge in [-0.05, 0) is 11.5 Å². The highest BCUT2D eigenvalue weighted by Gasteiger charge is 2.12. The predicted molar refractivity (Wildman–Crippen MR) is 46.7 cm³/mol. The highest BCUT2D eigenvalue weighted by atomic mass is 35.5. The molecule has 0 atom stereocenters. The molecule has 0 unspecified atom stereocenters. The van der Waals surface area contributed by atoms with Gasteiger partial charge < -0.3 is 0 Å². The van der Waals surface area contributed by atoms with Gasteiger partial charge in [-0.3, -0.25) is 4.68 Å². The average Bonchev–Trinajstić information content (AvgIpc) is 2.12. The predicted octanol–water partition coefficient (Wildman–Crippen LogP) is 2.58. The summed E-state index contributed by atoms with van der Waals surface area (Å²) < 4.78 is 1.81. The van der Waals surface area contributed by atoms with Gasteiger partial charge in [0, 0.05) is 6.54 Å². The molecule has 0 aromatic carbocycles. The maximum absolute atomic E-state index is 5.85. The molecule has 0 radical (unpaired) electrons. The van der Waals surface area contributed by atoms with E-state index in [2.05, 4.69) is 25.9 Å². The van der Waals surface area contributed by atoms with Gasteiger partial charge in [-0.2, -0.15) is 5.10 Å². The molecule has 2 nitrogen and oxygen atoms in total. The molecule has 0 aliphatic rings. The maximum atomic E-state index is 5.85. The molecule has 0 aliphatic heterocycles. The molecule has 1 aromatic heterocycles. The van der Waals surface area contributed by atoms with E-state index in [-0.39, 0.29) is 5.41 Å². The van der Waals surface area contributed by atoms with E-state index in [0.717, 1.165) is 6.54 Å². The smallest absolute Gasteiger partial charge is 0.127 e. The summed E-state index contributed by atoms with van der Waals surface area (Å²) in [7, 11) is 0. The van der Waals surface area contributed by atoms with Crippen LogP contribution in [0.25, 0.3) is 0 Å². The molecular formula is C8H13ClN2. The molecule has 0 spiro atoms. The van der Waals surface area contributed by atoms with Crippen molar-refractivity contribution in [2.75, 3.05) is 0 Å². The summed E-state index contributed by atoms with van der Waals surface area (Å²) in [6, 6.07) is 1.80. The topological polar surface area (TPSA) is 17.8 Å². The van der Waals surface area contributed by atoms with Crippen molar-refractivity contribution in [1.82, 2.24) is 9.78 Å². The van der Waals surface area contributed by atoms with Crippen LogP contribution in [0.2, 0.25) is 5.15 Å². The largest absolute Gasteiger partial charge is 0.254 e. The number of hydrogen-bond acceptors (Lipinski definition) is 1. The molecule has 0 fully saturated rings. The van der Waals surface area contributed by atoms with E-state index >= 15 is 0 Å². The summed E-state index contributed by atoms with van der Waals surface area (Å²) in [5, 5.41) is 4.79. The van der Waals surface area contributed by atoms with E-state index in [1.807, 2.05) is 4.68 Å². The monoisotopic (exact) mass is 172 g/mol. The van der Waals surface area contributed by atoms with Crippen LogP contribution in [0.1, 0.15) is 20.8 Å². The lowest BCUT2D eigenvalue weighted by Crippen LogP contribution is -2.16. The Morgan fingerprint density at radius 1 is 1.55 bits per heavy atom. The van der Waals surface area contributed by atoms with E-state index in [9.17, 15) is 0 Å². The zero-order valence-corrected chi connectivity index (χ0v) is 7.89. The molecule has 62 valence electrons. The van der Waals surface area contributed by atoms with Gasteiger partial charge in [0.05, 0.1) is 6.20 Å². The summed E-state index contributed by atoms with van der Waals surface area (Å²) in [6.07, 6.45) is 1.72. The number of hydrogen-bond donors (Lipinski definition) is 0. The Hall–Kier alpha value is -0.500. The lowest BCUT2D eigenvalue weighted by Gasteiger charge is -2.18. The Balaban J connectivity index is 2.72. The first kappa shape index (κ1) is 8.60. The molecule has 1 heterocycles. The van der Waals surface area contributed by atoms with Crippen molar-refractivity contribution in [1.29, 1.82) is 0 Å². The zero-order valence-electron chi connectivity index (χ0n) is 7.13. The summed E-state index contributed by atoms with van der Waals surface area (Å²) in [5.74, 6) is 0. The molecule has 0 N–H and O–H groups in total.